The predicted octanol–water partition coefficient (Wildman–Crippen LogP) is 2.95. The zero-order valence-corrected chi connectivity index (χ0v) is 17.5. The molecule has 1 aromatic heterocycles. The quantitative estimate of drug-likeness (QED) is 0.545. The molecule has 0 aliphatic rings. The number of thioether (sulfide) groups is 1. The van der Waals surface area contributed by atoms with Gasteiger partial charge in [-0.3, -0.25) is 4.79 Å². The summed E-state index contributed by atoms with van der Waals surface area (Å²) >= 11 is 1.35. The molecule has 0 aliphatic carbocycles. The summed E-state index contributed by atoms with van der Waals surface area (Å²) in [5, 5.41) is 12.1. The van der Waals surface area contributed by atoms with Crippen molar-refractivity contribution in [2.24, 2.45) is 7.05 Å². The summed E-state index contributed by atoms with van der Waals surface area (Å²) in [4.78, 5) is 12.2. The van der Waals surface area contributed by atoms with Crippen molar-refractivity contribution in [1.82, 2.24) is 20.1 Å². The number of benzene rings is 2. The fraction of sp³-hybridized carbons (Fsp3) is 0.286. The molecule has 0 unspecified atom stereocenters. The number of nitrogens with zero attached hydrogens (tertiary/aromatic N) is 3. The van der Waals surface area contributed by atoms with E-state index in [1.807, 2.05) is 60.1 Å². The van der Waals surface area contributed by atoms with Gasteiger partial charge in [-0.2, -0.15) is 0 Å². The van der Waals surface area contributed by atoms with Gasteiger partial charge >= 0.3 is 0 Å². The Morgan fingerprint density at radius 2 is 1.72 bits per heavy atom. The molecule has 0 saturated heterocycles. The smallest absolute Gasteiger partial charge is 0.230 e. The summed E-state index contributed by atoms with van der Waals surface area (Å²) in [7, 11) is 5.15. The van der Waals surface area contributed by atoms with Crippen LogP contribution in [0.25, 0.3) is 11.4 Å². The molecule has 0 saturated carbocycles. The zero-order valence-electron chi connectivity index (χ0n) is 16.7. The highest BCUT2D eigenvalue weighted by molar-refractivity contribution is 7.99. The van der Waals surface area contributed by atoms with Crippen LogP contribution in [0.5, 0.6) is 11.5 Å². The van der Waals surface area contributed by atoms with E-state index in [2.05, 4.69) is 15.5 Å². The van der Waals surface area contributed by atoms with Gasteiger partial charge in [0.15, 0.2) is 11.0 Å². The molecule has 0 bridgehead atoms. The van der Waals surface area contributed by atoms with Crippen LogP contribution >= 0.6 is 11.8 Å². The number of nitrogens with one attached hydrogen (secondary N) is 1. The maximum Gasteiger partial charge on any atom is 0.230 e. The first-order valence-electron chi connectivity index (χ1n) is 9.18. The lowest BCUT2D eigenvalue weighted by Gasteiger charge is -2.09. The maximum atomic E-state index is 12.2. The Morgan fingerprint density at radius 1 is 1.03 bits per heavy atom. The number of carbonyl (C=O) groups is 1. The number of hydrogen-bond donors (Lipinski definition) is 1. The number of amides is 1. The molecular formula is C21H24N4O3S. The van der Waals surface area contributed by atoms with Crippen LogP contribution in [0.3, 0.4) is 0 Å². The lowest BCUT2D eigenvalue weighted by Crippen LogP contribution is -2.27. The van der Waals surface area contributed by atoms with E-state index < -0.39 is 0 Å². The van der Waals surface area contributed by atoms with Crippen LogP contribution in [0.1, 0.15) is 5.56 Å². The summed E-state index contributed by atoms with van der Waals surface area (Å²) in [6, 6.07) is 15.5. The second-order valence-electron chi connectivity index (χ2n) is 6.27. The Hall–Kier alpha value is -3.00. The molecule has 7 nitrogen and oxygen atoms in total. The third-order valence-electron chi connectivity index (χ3n) is 4.42. The van der Waals surface area contributed by atoms with Crippen LogP contribution in [-0.4, -0.2) is 47.2 Å². The van der Waals surface area contributed by atoms with E-state index in [4.69, 9.17) is 9.47 Å². The molecular weight excluding hydrogens is 388 g/mol. The van der Waals surface area contributed by atoms with E-state index in [0.29, 0.717) is 23.9 Å². The van der Waals surface area contributed by atoms with Crippen LogP contribution in [0, 0.1) is 0 Å². The Labute approximate surface area is 174 Å². The van der Waals surface area contributed by atoms with Crippen molar-refractivity contribution in [2.45, 2.75) is 11.6 Å². The minimum Gasteiger partial charge on any atom is -0.496 e. The highest BCUT2D eigenvalue weighted by atomic mass is 32.2. The molecule has 0 atom stereocenters. The van der Waals surface area contributed by atoms with Gasteiger partial charge in [-0.15, -0.1) is 10.2 Å². The summed E-state index contributed by atoms with van der Waals surface area (Å²) < 4.78 is 12.6. The number of hydrogen-bond acceptors (Lipinski definition) is 6. The van der Waals surface area contributed by atoms with Crippen molar-refractivity contribution < 1.29 is 14.3 Å². The summed E-state index contributed by atoms with van der Waals surface area (Å²) in [6.07, 6.45) is 0.711. The van der Waals surface area contributed by atoms with Gasteiger partial charge in [0, 0.05) is 13.6 Å². The van der Waals surface area contributed by atoms with Crippen molar-refractivity contribution in [3.05, 3.63) is 54.1 Å². The van der Waals surface area contributed by atoms with Gasteiger partial charge in [0.05, 0.1) is 25.5 Å². The molecule has 3 rings (SSSR count). The highest BCUT2D eigenvalue weighted by Gasteiger charge is 2.15. The molecule has 1 heterocycles. The minimum atomic E-state index is -0.0493. The third-order valence-corrected chi connectivity index (χ3v) is 5.44. The predicted molar refractivity (Wildman–Crippen MR) is 113 cm³/mol. The van der Waals surface area contributed by atoms with E-state index >= 15 is 0 Å². The van der Waals surface area contributed by atoms with E-state index in [-0.39, 0.29) is 11.7 Å². The highest BCUT2D eigenvalue weighted by Crippen LogP contribution is 2.29. The van der Waals surface area contributed by atoms with Crippen molar-refractivity contribution in [2.75, 3.05) is 26.5 Å². The Kier molecular flexibility index (Phi) is 7.13. The summed E-state index contributed by atoms with van der Waals surface area (Å²) in [5.74, 6) is 2.48. The largest absolute Gasteiger partial charge is 0.496 e. The first-order valence-corrected chi connectivity index (χ1v) is 10.2. The second kappa shape index (κ2) is 9.97. The molecule has 29 heavy (non-hydrogen) atoms. The molecule has 0 aliphatic heterocycles. The molecule has 0 radical (unpaired) electrons. The van der Waals surface area contributed by atoms with E-state index in [0.717, 1.165) is 22.6 Å². The number of para-hydroxylation sites is 2. The molecule has 1 amide bonds. The number of rotatable bonds is 9. The van der Waals surface area contributed by atoms with Gasteiger partial charge in [-0.05, 0) is 30.2 Å². The summed E-state index contributed by atoms with van der Waals surface area (Å²) in [6.45, 7) is 0.547. The van der Waals surface area contributed by atoms with Gasteiger partial charge in [0.25, 0.3) is 0 Å². The number of ether oxygens (including phenoxy) is 2. The van der Waals surface area contributed by atoms with Crippen molar-refractivity contribution in [1.29, 1.82) is 0 Å². The summed E-state index contributed by atoms with van der Waals surface area (Å²) in [5.41, 5.74) is 1.93. The second-order valence-corrected chi connectivity index (χ2v) is 7.21. The molecule has 1 N–H and O–H groups in total. The van der Waals surface area contributed by atoms with Crippen molar-refractivity contribution in [3.8, 4) is 22.9 Å². The van der Waals surface area contributed by atoms with Gasteiger partial charge < -0.3 is 19.4 Å². The molecule has 0 spiro atoms. The fourth-order valence-corrected chi connectivity index (χ4v) is 3.67. The average Bonchev–Trinajstić information content (AvgIpc) is 3.12. The van der Waals surface area contributed by atoms with Gasteiger partial charge in [0.2, 0.25) is 5.91 Å². The van der Waals surface area contributed by atoms with Crippen LogP contribution in [-0.2, 0) is 18.3 Å². The van der Waals surface area contributed by atoms with Gasteiger partial charge in [-0.1, -0.05) is 42.1 Å². The Bertz CT molecular complexity index is 974. The lowest BCUT2D eigenvalue weighted by atomic mass is 10.1. The monoisotopic (exact) mass is 412 g/mol. The molecule has 2 aromatic carbocycles. The van der Waals surface area contributed by atoms with Crippen LogP contribution in [0.2, 0.25) is 0 Å². The van der Waals surface area contributed by atoms with Crippen LogP contribution in [0.15, 0.2) is 53.7 Å². The fourth-order valence-electron chi connectivity index (χ4n) is 2.93. The van der Waals surface area contributed by atoms with Crippen molar-refractivity contribution in [3.63, 3.8) is 0 Å². The van der Waals surface area contributed by atoms with Crippen LogP contribution < -0.4 is 14.8 Å². The SMILES string of the molecule is COc1ccccc1CCNC(=O)CSc1nnc(-c2ccccc2OC)n1C. The molecule has 152 valence electrons. The standard InChI is InChI=1S/C21H24N4O3S/c1-25-20(16-9-5-7-11-18(16)28-3)23-24-21(25)29-14-19(26)22-13-12-15-8-4-6-10-17(15)27-2/h4-11H,12-14H2,1-3H3,(H,22,26). The maximum absolute atomic E-state index is 12.2. The lowest BCUT2D eigenvalue weighted by molar-refractivity contribution is -0.118. The third kappa shape index (κ3) is 5.08. The van der Waals surface area contributed by atoms with E-state index in [9.17, 15) is 4.79 Å². The first kappa shape index (κ1) is 20.7. The molecule has 3 aromatic rings. The van der Waals surface area contributed by atoms with Gasteiger partial charge in [-0.25, -0.2) is 0 Å². The van der Waals surface area contributed by atoms with Crippen molar-refractivity contribution >= 4 is 17.7 Å². The van der Waals surface area contributed by atoms with E-state index in [1.54, 1.807) is 14.2 Å². The zero-order chi connectivity index (χ0) is 20.6. The number of carbonyl (C=O) groups excluding carboxylic acids is 1. The molecule has 8 heteroatoms. The average molecular weight is 413 g/mol. The number of methoxy groups -OCH3 is 2. The normalized spacial score (nSPS) is 10.6. The number of aromatic nitrogens is 3. The van der Waals surface area contributed by atoms with Gasteiger partial charge in [0.1, 0.15) is 11.5 Å². The Morgan fingerprint density at radius 3 is 2.48 bits per heavy atom. The first-order chi connectivity index (χ1) is 14.1. The molecule has 0 fully saturated rings. The Balaban J connectivity index is 1.54. The van der Waals surface area contributed by atoms with E-state index in [1.165, 1.54) is 11.8 Å². The minimum absolute atomic E-state index is 0.0493. The topological polar surface area (TPSA) is 78.3 Å². The van der Waals surface area contributed by atoms with Crippen LogP contribution in [0.4, 0.5) is 0 Å².